The van der Waals surface area contributed by atoms with Gasteiger partial charge >= 0.3 is 0 Å². The van der Waals surface area contributed by atoms with Gasteiger partial charge in [0.15, 0.2) is 0 Å². The zero-order valence-corrected chi connectivity index (χ0v) is 9.20. The molecule has 1 aromatic carbocycles. The van der Waals surface area contributed by atoms with Gasteiger partial charge < -0.3 is 10.0 Å². The lowest BCUT2D eigenvalue weighted by molar-refractivity contribution is 0.0876. The number of rotatable bonds is 4. The molecule has 0 spiro atoms. The first kappa shape index (κ1) is 11.1. The molecule has 0 aliphatic rings. The maximum absolute atomic E-state index is 9.74. The number of hydrogen-bond acceptors (Lipinski definition) is 2. The summed E-state index contributed by atoms with van der Waals surface area (Å²) in [6, 6.07) is 10.2. The van der Waals surface area contributed by atoms with E-state index >= 15 is 0 Å². The summed E-state index contributed by atoms with van der Waals surface area (Å²) in [7, 11) is 0. The molecule has 0 saturated carbocycles. The van der Waals surface area contributed by atoms with Gasteiger partial charge in [-0.3, -0.25) is 0 Å². The van der Waals surface area contributed by atoms with Gasteiger partial charge in [-0.2, -0.15) is 0 Å². The van der Waals surface area contributed by atoms with Crippen LogP contribution in [-0.2, 0) is 0 Å². The molecule has 1 N–H and O–H groups in total. The molecule has 2 heteroatoms. The normalized spacial score (nSPS) is 11.4. The molecule has 2 nitrogen and oxygen atoms in total. The summed E-state index contributed by atoms with van der Waals surface area (Å²) in [6.45, 7) is 7.33. The largest absolute Gasteiger partial charge is 0.389 e. The number of likely N-dealkylation sites (N-methyl/N-ethyl adjacent to an activating group) is 1. The Hall–Kier alpha value is -1.02. The summed E-state index contributed by atoms with van der Waals surface area (Å²) in [4.78, 5) is 2.17. The van der Waals surface area contributed by atoms with Gasteiger partial charge in [-0.1, -0.05) is 18.2 Å². The van der Waals surface area contributed by atoms with Gasteiger partial charge in [0.25, 0.3) is 0 Å². The molecule has 0 atom stereocenters. The van der Waals surface area contributed by atoms with E-state index in [9.17, 15) is 5.11 Å². The van der Waals surface area contributed by atoms with Crippen molar-refractivity contribution in [2.24, 2.45) is 0 Å². The number of benzene rings is 1. The predicted molar refractivity (Wildman–Crippen MR) is 60.6 cm³/mol. The Morgan fingerprint density at radius 2 is 1.79 bits per heavy atom. The molecule has 0 heterocycles. The van der Waals surface area contributed by atoms with Crippen LogP contribution in [0.4, 0.5) is 5.69 Å². The quantitative estimate of drug-likeness (QED) is 0.793. The molecule has 0 aliphatic heterocycles. The maximum atomic E-state index is 9.74. The van der Waals surface area contributed by atoms with Crippen LogP contribution in [0.25, 0.3) is 0 Å². The second-order valence-corrected chi connectivity index (χ2v) is 4.16. The van der Waals surface area contributed by atoms with Crippen molar-refractivity contribution in [1.29, 1.82) is 0 Å². The fourth-order valence-corrected chi connectivity index (χ4v) is 1.49. The summed E-state index contributed by atoms with van der Waals surface area (Å²) < 4.78 is 0. The monoisotopic (exact) mass is 193 g/mol. The van der Waals surface area contributed by atoms with E-state index in [1.54, 1.807) is 0 Å². The first-order chi connectivity index (χ1) is 6.53. The van der Waals surface area contributed by atoms with Gasteiger partial charge in [0, 0.05) is 18.8 Å². The molecule has 0 aromatic heterocycles. The van der Waals surface area contributed by atoms with Crippen molar-refractivity contribution < 1.29 is 5.11 Å². The van der Waals surface area contributed by atoms with Gasteiger partial charge in [-0.05, 0) is 32.9 Å². The Bertz CT molecular complexity index is 263. The van der Waals surface area contributed by atoms with E-state index in [0.29, 0.717) is 6.54 Å². The molecule has 78 valence electrons. The van der Waals surface area contributed by atoms with Gasteiger partial charge in [0.1, 0.15) is 0 Å². The molecule has 0 amide bonds. The van der Waals surface area contributed by atoms with Gasteiger partial charge in [0.05, 0.1) is 5.60 Å². The highest BCUT2D eigenvalue weighted by Crippen LogP contribution is 2.15. The van der Waals surface area contributed by atoms with Crippen LogP contribution in [0.3, 0.4) is 0 Å². The number of para-hydroxylation sites is 1. The molecule has 1 aromatic rings. The van der Waals surface area contributed by atoms with Gasteiger partial charge in [-0.25, -0.2) is 0 Å². The Morgan fingerprint density at radius 3 is 2.21 bits per heavy atom. The summed E-state index contributed by atoms with van der Waals surface area (Å²) >= 11 is 0. The molecular weight excluding hydrogens is 174 g/mol. The van der Waals surface area contributed by atoms with E-state index in [1.165, 1.54) is 0 Å². The molecule has 14 heavy (non-hydrogen) atoms. The van der Waals surface area contributed by atoms with Crippen LogP contribution in [0.15, 0.2) is 30.3 Å². The fourth-order valence-electron chi connectivity index (χ4n) is 1.49. The van der Waals surface area contributed by atoms with Gasteiger partial charge in [-0.15, -0.1) is 0 Å². The summed E-state index contributed by atoms with van der Waals surface area (Å²) in [5.74, 6) is 0. The maximum Gasteiger partial charge on any atom is 0.0765 e. The van der Waals surface area contributed by atoms with Crippen LogP contribution in [0.1, 0.15) is 20.8 Å². The first-order valence-electron chi connectivity index (χ1n) is 5.05. The summed E-state index contributed by atoms with van der Waals surface area (Å²) in [5, 5.41) is 9.74. The third kappa shape index (κ3) is 3.38. The first-order valence-corrected chi connectivity index (χ1v) is 5.05. The van der Waals surface area contributed by atoms with E-state index in [0.717, 1.165) is 12.2 Å². The highest BCUT2D eigenvalue weighted by molar-refractivity contribution is 5.46. The smallest absolute Gasteiger partial charge is 0.0765 e. The van der Waals surface area contributed by atoms with Crippen LogP contribution < -0.4 is 4.90 Å². The van der Waals surface area contributed by atoms with E-state index in [-0.39, 0.29) is 0 Å². The molecule has 0 unspecified atom stereocenters. The average molecular weight is 193 g/mol. The Labute approximate surface area is 86.2 Å². The second kappa shape index (κ2) is 4.47. The minimum Gasteiger partial charge on any atom is -0.389 e. The number of anilines is 1. The molecule has 0 saturated heterocycles. The number of aliphatic hydroxyl groups is 1. The second-order valence-electron chi connectivity index (χ2n) is 4.16. The van der Waals surface area contributed by atoms with Crippen molar-refractivity contribution in [1.82, 2.24) is 0 Å². The van der Waals surface area contributed by atoms with Crippen molar-refractivity contribution in [3.05, 3.63) is 30.3 Å². The SMILES string of the molecule is CCN(CC(C)(C)O)c1ccccc1. The number of hydrogen-bond donors (Lipinski definition) is 1. The lowest BCUT2D eigenvalue weighted by Gasteiger charge is -2.29. The third-order valence-electron chi connectivity index (χ3n) is 2.08. The zero-order chi connectivity index (χ0) is 10.6. The predicted octanol–water partition coefficient (Wildman–Crippen LogP) is 2.28. The van der Waals surface area contributed by atoms with E-state index < -0.39 is 5.60 Å². The van der Waals surface area contributed by atoms with Crippen LogP contribution in [-0.4, -0.2) is 23.8 Å². The highest BCUT2D eigenvalue weighted by atomic mass is 16.3. The summed E-state index contributed by atoms with van der Waals surface area (Å²) in [5.41, 5.74) is 0.517. The van der Waals surface area contributed by atoms with Crippen LogP contribution in [0, 0.1) is 0 Å². The molecule has 0 bridgehead atoms. The minimum atomic E-state index is -0.647. The Morgan fingerprint density at radius 1 is 1.21 bits per heavy atom. The van der Waals surface area contributed by atoms with Crippen molar-refractivity contribution in [2.75, 3.05) is 18.0 Å². The minimum absolute atomic E-state index is 0.647. The zero-order valence-electron chi connectivity index (χ0n) is 9.20. The molecule has 0 aliphatic carbocycles. The fraction of sp³-hybridized carbons (Fsp3) is 0.500. The molecule has 0 fully saturated rings. The van der Waals surface area contributed by atoms with Crippen LogP contribution in [0.2, 0.25) is 0 Å². The Kier molecular flexibility index (Phi) is 3.53. The van der Waals surface area contributed by atoms with Crippen molar-refractivity contribution in [3.8, 4) is 0 Å². The van der Waals surface area contributed by atoms with Gasteiger partial charge in [0.2, 0.25) is 0 Å². The van der Waals surface area contributed by atoms with E-state index in [2.05, 4.69) is 24.0 Å². The molecule has 1 rings (SSSR count). The van der Waals surface area contributed by atoms with Crippen molar-refractivity contribution >= 4 is 5.69 Å². The van der Waals surface area contributed by atoms with Crippen molar-refractivity contribution in [3.63, 3.8) is 0 Å². The highest BCUT2D eigenvalue weighted by Gasteiger charge is 2.17. The van der Waals surface area contributed by atoms with Crippen LogP contribution >= 0.6 is 0 Å². The topological polar surface area (TPSA) is 23.5 Å². The average Bonchev–Trinajstić information content (AvgIpc) is 2.14. The number of nitrogens with zero attached hydrogens (tertiary/aromatic N) is 1. The van der Waals surface area contributed by atoms with Crippen LogP contribution in [0.5, 0.6) is 0 Å². The summed E-state index contributed by atoms with van der Waals surface area (Å²) in [6.07, 6.45) is 0. The van der Waals surface area contributed by atoms with Crippen molar-refractivity contribution in [2.45, 2.75) is 26.4 Å². The Balaban J connectivity index is 2.73. The van der Waals surface area contributed by atoms with E-state index in [4.69, 9.17) is 0 Å². The lowest BCUT2D eigenvalue weighted by atomic mass is 10.1. The van der Waals surface area contributed by atoms with E-state index in [1.807, 2.05) is 32.0 Å². The standard InChI is InChI=1S/C12H19NO/c1-4-13(10-12(2,3)14)11-8-6-5-7-9-11/h5-9,14H,4,10H2,1-3H3. The lowest BCUT2D eigenvalue weighted by Crippen LogP contribution is -2.38. The molecular formula is C12H19NO. The molecule has 0 radical (unpaired) electrons. The third-order valence-corrected chi connectivity index (χ3v) is 2.08.